The Bertz CT molecular complexity index is 1150. The van der Waals surface area contributed by atoms with Crippen molar-refractivity contribution in [3.63, 3.8) is 0 Å². The van der Waals surface area contributed by atoms with E-state index in [1.807, 2.05) is 0 Å². The normalized spacial score (nSPS) is 11.8. The molecule has 3 aromatic rings. The summed E-state index contributed by atoms with van der Waals surface area (Å²) in [6.45, 7) is 0.896. The molecule has 1 amide bonds. The molecule has 0 aliphatic rings. The number of H-pyrrole nitrogens is 1. The minimum atomic E-state index is -1.08. The highest BCUT2D eigenvalue weighted by Crippen LogP contribution is 2.14. The lowest BCUT2D eigenvalue weighted by molar-refractivity contribution is -0.154. The van der Waals surface area contributed by atoms with Gasteiger partial charge in [-0.25, -0.2) is 4.68 Å². The lowest BCUT2D eigenvalue weighted by Gasteiger charge is -2.14. The number of anilines is 1. The molecule has 1 aromatic heterocycles. The van der Waals surface area contributed by atoms with Crippen LogP contribution < -0.4 is 16.4 Å². The highest BCUT2D eigenvalue weighted by molar-refractivity contribution is 9.10. The molecule has 2 aromatic carbocycles. The average Bonchev–Trinajstić information content (AvgIpc) is 2.67. The van der Waals surface area contributed by atoms with Crippen LogP contribution in [0.5, 0.6) is 0 Å². The van der Waals surface area contributed by atoms with Gasteiger partial charge in [0.25, 0.3) is 17.0 Å². The third kappa shape index (κ3) is 4.37. The molecule has 0 bridgehead atoms. The van der Waals surface area contributed by atoms with Gasteiger partial charge in [-0.2, -0.15) is 0 Å². The first-order valence-corrected chi connectivity index (χ1v) is 9.12. The number of rotatable bonds is 5. The summed E-state index contributed by atoms with van der Waals surface area (Å²) in [6, 6.07) is 13.2. The summed E-state index contributed by atoms with van der Waals surface area (Å²) >= 11 is 3.30. The molecule has 1 unspecified atom stereocenters. The lowest BCUT2D eigenvalue weighted by atomic mass is 10.2. The maximum atomic E-state index is 12.4. The summed E-state index contributed by atoms with van der Waals surface area (Å²) in [4.78, 5) is 48.8. The molecule has 0 saturated heterocycles. The molecular formula is C19H16BrN3O5. The Labute approximate surface area is 167 Å². The highest BCUT2D eigenvalue weighted by Gasteiger charge is 2.19. The summed E-state index contributed by atoms with van der Waals surface area (Å²) in [6.07, 6.45) is -1.08. The molecule has 144 valence electrons. The Morgan fingerprint density at radius 2 is 1.75 bits per heavy atom. The van der Waals surface area contributed by atoms with Gasteiger partial charge in [-0.3, -0.25) is 24.3 Å². The second kappa shape index (κ2) is 8.22. The third-order valence-electron chi connectivity index (χ3n) is 3.96. The fourth-order valence-corrected chi connectivity index (χ4v) is 2.82. The van der Waals surface area contributed by atoms with E-state index >= 15 is 0 Å². The van der Waals surface area contributed by atoms with Gasteiger partial charge in [-0.05, 0) is 43.3 Å². The van der Waals surface area contributed by atoms with Crippen LogP contribution in [-0.4, -0.2) is 27.8 Å². The monoisotopic (exact) mass is 445 g/mol. The van der Waals surface area contributed by atoms with Crippen molar-refractivity contribution in [2.24, 2.45) is 0 Å². The smallest absolute Gasteiger partial charge is 0.328 e. The number of amides is 1. The number of fused-ring (bicyclic) bond motifs is 1. The number of halogens is 1. The van der Waals surface area contributed by atoms with E-state index in [2.05, 4.69) is 26.3 Å². The third-order valence-corrected chi connectivity index (χ3v) is 4.49. The van der Waals surface area contributed by atoms with Crippen LogP contribution >= 0.6 is 15.9 Å². The first kappa shape index (κ1) is 19.6. The number of hydrogen-bond donors (Lipinski definition) is 2. The van der Waals surface area contributed by atoms with Gasteiger partial charge in [0.2, 0.25) is 0 Å². The fourth-order valence-electron chi connectivity index (χ4n) is 2.55. The number of ether oxygens (including phenoxy) is 1. The molecule has 3 rings (SSSR count). The SMILES string of the molecule is CC(OC(=O)Cn1[nH]c(=O)c2ccccc2c1=O)C(=O)Nc1ccc(Br)cc1. The van der Waals surface area contributed by atoms with E-state index in [1.54, 1.807) is 36.4 Å². The summed E-state index contributed by atoms with van der Waals surface area (Å²) in [7, 11) is 0. The van der Waals surface area contributed by atoms with Crippen molar-refractivity contribution < 1.29 is 14.3 Å². The van der Waals surface area contributed by atoms with Gasteiger partial charge in [0.05, 0.1) is 10.8 Å². The Balaban J connectivity index is 1.68. The second-order valence-electron chi connectivity index (χ2n) is 6.01. The molecule has 8 nitrogen and oxygen atoms in total. The van der Waals surface area contributed by atoms with Crippen LogP contribution in [0.3, 0.4) is 0 Å². The standard InChI is InChI=1S/C19H16BrN3O5/c1-11(17(25)21-13-8-6-12(20)7-9-13)28-16(24)10-23-19(27)15-5-3-2-4-14(15)18(26)22-23/h2-9,11H,10H2,1H3,(H,21,25)(H,22,26). The summed E-state index contributed by atoms with van der Waals surface area (Å²) in [5.74, 6) is -1.35. The van der Waals surface area contributed by atoms with Crippen molar-refractivity contribution in [3.8, 4) is 0 Å². The Hall–Kier alpha value is -3.20. The highest BCUT2D eigenvalue weighted by atomic mass is 79.9. The molecule has 1 heterocycles. The van der Waals surface area contributed by atoms with E-state index in [1.165, 1.54) is 19.1 Å². The minimum Gasteiger partial charge on any atom is -0.451 e. The summed E-state index contributed by atoms with van der Waals surface area (Å²) < 4.78 is 6.81. The number of aromatic amines is 1. The zero-order valence-corrected chi connectivity index (χ0v) is 16.4. The molecule has 28 heavy (non-hydrogen) atoms. The summed E-state index contributed by atoms with van der Waals surface area (Å²) in [5.41, 5.74) is -0.477. The second-order valence-corrected chi connectivity index (χ2v) is 6.92. The topological polar surface area (TPSA) is 110 Å². The molecule has 0 fully saturated rings. The van der Waals surface area contributed by atoms with Crippen molar-refractivity contribution in [1.29, 1.82) is 0 Å². The summed E-state index contributed by atoms with van der Waals surface area (Å²) in [5, 5.41) is 5.39. The Kier molecular flexibility index (Phi) is 5.74. The first-order chi connectivity index (χ1) is 13.3. The minimum absolute atomic E-state index is 0.195. The van der Waals surface area contributed by atoms with Gasteiger partial charge in [0, 0.05) is 10.2 Å². The zero-order valence-electron chi connectivity index (χ0n) is 14.8. The zero-order chi connectivity index (χ0) is 20.3. The first-order valence-electron chi connectivity index (χ1n) is 8.33. The molecular weight excluding hydrogens is 430 g/mol. The van der Waals surface area contributed by atoms with Gasteiger partial charge < -0.3 is 10.1 Å². The predicted molar refractivity (Wildman–Crippen MR) is 107 cm³/mol. The van der Waals surface area contributed by atoms with E-state index in [0.29, 0.717) is 5.69 Å². The van der Waals surface area contributed by atoms with Crippen LogP contribution in [0, 0.1) is 0 Å². The van der Waals surface area contributed by atoms with Crippen molar-refractivity contribution in [1.82, 2.24) is 9.78 Å². The van der Waals surface area contributed by atoms with Gasteiger partial charge >= 0.3 is 5.97 Å². The van der Waals surface area contributed by atoms with Crippen LogP contribution in [0.4, 0.5) is 5.69 Å². The van der Waals surface area contributed by atoms with Crippen LogP contribution in [0.25, 0.3) is 10.8 Å². The van der Waals surface area contributed by atoms with E-state index in [-0.39, 0.29) is 10.8 Å². The number of carbonyl (C=O) groups is 2. The van der Waals surface area contributed by atoms with Crippen LogP contribution in [0.15, 0.2) is 62.6 Å². The molecule has 0 aliphatic heterocycles. The van der Waals surface area contributed by atoms with Crippen molar-refractivity contribution >= 4 is 44.3 Å². The quantitative estimate of drug-likeness (QED) is 0.583. The van der Waals surface area contributed by atoms with Crippen molar-refractivity contribution in [3.05, 3.63) is 73.7 Å². The molecule has 0 saturated carbocycles. The van der Waals surface area contributed by atoms with E-state index < -0.39 is 35.6 Å². The number of esters is 1. The molecule has 9 heteroatoms. The van der Waals surface area contributed by atoms with E-state index in [0.717, 1.165) is 9.15 Å². The number of carbonyl (C=O) groups excluding carboxylic acids is 2. The van der Waals surface area contributed by atoms with Crippen LogP contribution in [0.2, 0.25) is 0 Å². The number of aromatic nitrogens is 2. The number of hydrogen-bond acceptors (Lipinski definition) is 5. The van der Waals surface area contributed by atoms with Gasteiger partial charge in [0.15, 0.2) is 6.10 Å². The van der Waals surface area contributed by atoms with Crippen LogP contribution in [-0.2, 0) is 20.9 Å². The number of nitrogens with one attached hydrogen (secondary N) is 2. The van der Waals surface area contributed by atoms with E-state index in [9.17, 15) is 19.2 Å². The lowest BCUT2D eigenvalue weighted by Crippen LogP contribution is -2.35. The molecule has 0 spiro atoms. The van der Waals surface area contributed by atoms with Crippen molar-refractivity contribution in [2.45, 2.75) is 19.6 Å². The largest absolute Gasteiger partial charge is 0.451 e. The fraction of sp³-hybridized carbons (Fsp3) is 0.158. The maximum Gasteiger partial charge on any atom is 0.328 e. The average molecular weight is 446 g/mol. The number of benzene rings is 2. The van der Waals surface area contributed by atoms with Crippen LogP contribution in [0.1, 0.15) is 6.92 Å². The van der Waals surface area contributed by atoms with Gasteiger partial charge in [-0.15, -0.1) is 0 Å². The Morgan fingerprint density at radius 1 is 1.11 bits per heavy atom. The van der Waals surface area contributed by atoms with Gasteiger partial charge in [-0.1, -0.05) is 28.1 Å². The van der Waals surface area contributed by atoms with Crippen molar-refractivity contribution in [2.75, 3.05) is 5.32 Å². The van der Waals surface area contributed by atoms with Gasteiger partial charge in [0.1, 0.15) is 6.54 Å². The number of nitrogens with zero attached hydrogens (tertiary/aromatic N) is 1. The molecule has 1 atom stereocenters. The molecule has 0 radical (unpaired) electrons. The Morgan fingerprint density at radius 3 is 2.43 bits per heavy atom. The predicted octanol–water partition coefficient (Wildman–Crippen LogP) is 2.02. The molecule has 2 N–H and O–H groups in total. The maximum absolute atomic E-state index is 12.4. The van der Waals surface area contributed by atoms with E-state index in [4.69, 9.17) is 4.74 Å². The molecule has 0 aliphatic carbocycles.